The van der Waals surface area contributed by atoms with Crippen LogP contribution in [0.3, 0.4) is 0 Å². The molecule has 4 heteroatoms. The number of hydrogen-bond acceptors (Lipinski definition) is 4. The van der Waals surface area contributed by atoms with Gasteiger partial charge in [-0.3, -0.25) is 4.79 Å². The number of phenolic OH excluding ortho intramolecular Hbond substituents is 1. The van der Waals surface area contributed by atoms with E-state index in [2.05, 4.69) is 0 Å². The number of esters is 1. The van der Waals surface area contributed by atoms with Crippen molar-refractivity contribution in [1.29, 1.82) is 0 Å². The second-order valence-electron chi connectivity index (χ2n) is 4.24. The lowest BCUT2D eigenvalue weighted by atomic mass is 10.1. The van der Waals surface area contributed by atoms with Crippen LogP contribution in [0.5, 0.6) is 17.2 Å². The first kappa shape index (κ1) is 11.8. The van der Waals surface area contributed by atoms with Gasteiger partial charge in [-0.15, -0.1) is 0 Å². The summed E-state index contributed by atoms with van der Waals surface area (Å²) in [6.45, 7) is 0. The first-order chi connectivity index (χ1) is 8.20. The number of phenols is 1. The van der Waals surface area contributed by atoms with Crippen molar-refractivity contribution < 1.29 is 19.4 Å². The fraction of sp³-hybridized carbons (Fsp3) is 0.462. The maximum Gasteiger partial charge on any atom is 0.314 e. The Hall–Kier alpha value is -1.71. The molecule has 0 bridgehead atoms. The molecule has 0 atom stereocenters. The second kappa shape index (κ2) is 5.08. The minimum absolute atomic E-state index is 0.0132. The zero-order chi connectivity index (χ0) is 12.3. The number of carbonyl (C=O) groups is 1. The van der Waals surface area contributed by atoms with E-state index in [-0.39, 0.29) is 17.6 Å². The smallest absolute Gasteiger partial charge is 0.314 e. The van der Waals surface area contributed by atoms with Gasteiger partial charge in [-0.25, -0.2) is 0 Å². The van der Waals surface area contributed by atoms with Gasteiger partial charge in [-0.1, -0.05) is 12.8 Å². The van der Waals surface area contributed by atoms with E-state index >= 15 is 0 Å². The average molecular weight is 236 g/mol. The summed E-state index contributed by atoms with van der Waals surface area (Å²) in [5.41, 5.74) is 0. The Morgan fingerprint density at radius 1 is 1.35 bits per heavy atom. The molecule has 1 saturated carbocycles. The van der Waals surface area contributed by atoms with Gasteiger partial charge in [0.2, 0.25) is 0 Å². The van der Waals surface area contributed by atoms with Crippen molar-refractivity contribution in [1.82, 2.24) is 0 Å². The van der Waals surface area contributed by atoms with E-state index in [0.717, 1.165) is 25.7 Å². The molecule has 1 fully saturated rings. The summed E-state index contributed by atoms with van der Waals surface area (Å²) in [7, 11) is 1.47. The third-order valence-electron chi connectivity index (χ3n) is 3.06. The number of rotatable bonds is 3. The lowest BCUT2D eigenvalue weighted by molar-refractivity contribution is -0.138. The molecule has 92 valence electrons. The molecule has 0 amide bonds. The van der Waals surface area contributed by atoms with Crippen molar-refractivity contribution >= 4 is 5.97 Å². The minimum Gasteiger partial charge on any atom is -0.504 e. The summed E-state index contributed by atoms with van der Waals surface area (Å²) in [6.07, 6.45) is 3.99. The van der Waals surface area contributed by atoms with Crippen LogP contribution in [0, 0.1) is 5.92 Å². The van der Waals surface area contributed by atoms with Crippen LogP contribution in [0.25, 0.3) is 0 Å². The van der Waals surface area contributed by atoms with Gasteiger partial charge in [0.1, 0.15) is 5.75 Å². The Bertz CT molecular complexity index is 408. The van der Waals surface area contributed by atoms with Crippen molar-refractivity contribution in [3.05, 3.63) is 18.2 Å². The van der Waals surface area contributed by atoms with E-state index in [4.69, 9.17) is 9.47 Å². The topological polar surface area (TPSA) is 55.8 Å². The molecule has 1 aromatic carbocycles. The number of benzene rings is 1. The Balaban J connectivity index is 2.03. The van der Waals surface area contributed by atoms with E-state index in [1.54, 1.807) is 12.1 Å². The number of ether oxygens (including phenoxy) is 2. The Morgan fingerprint density at radius 3 is 2.65 bits per heavy atom. The second-order valence-corrected chi connectivity index (χ2v) is 4.24. The van der Waals surface area contributed by atoms with E-state index in [0.29, 0.717) is 11.5 Å². The summed E-state index contributed by atoms with van der Waals surface area (Å²) in [4.78, 5) is 11.7. The molecule has 0 unspecified atom stereocenters. The maximum absolute atomic E-state index is 11.7. The monoisotopic (exact) mass is 236 g/mol. The molecule has 0 saturated heterocycles. The average Bonchev–Trinajstić information content (AvgIpc) is 2.82. The number of aromatic hydroxyl groups is 1. The summed E-state index contributed by atoms with van der Waals surface area (Å²) < 4.78 is 10.1. The van der Waals surface area contributed by atoms with Crippen molar-refractivity contribution in [2.45, 2.75) is 25.7 Å². The van der Waals surface area contributed by atoms with Gasteiger partial charge < -0.3 is 14.6 Å². The van der Waals surface area contributed by atoms with E-state index in [9.17, 15) is 9.90 Å². The van der Waals surface area contributed by atoms with Gasteiger partial charge in [0.25, 0.3) is 0 Å². The molecule has 1 aliphatic rings. The van der Waals surface area contributed by atoms with Crippen LogP contribution in [0.4, 0.5) is 0 Å². The fourth-order valence-corrected chi connectivity index (χ4v) is 2.09. The van der Waals surface area contributed by atoms with Crippen molar-refractivity contribution in [2.24, 2.45) is 5.92 Å². The van der Waals surface area contributed by atoms with Gasteiger partial charge in [0, 0.05) is 6.07 Å². The number of methoxy groups -OCH3 is 1. The SMILES string of the molecule is COc1ccc(OC(=O)C2CCCC2)cc1O. The quantitative estimate of drug-likeness (QED) is 0.647. The van der Waals surface area contributed by atoms with Gasteiger partial charge in [0.05, 0.1) is 13.0 Å². The molecular weight excluding hydrogens is 220 g/mol. The zero-order valence-electron chi connectivity index (χ0n) is 9.81. The first-order valence-corrected chi connectivity index (χ1v) is 5.79. The highest BCUT2D eigenvalue weighted by Gasteiger charge is 2.24. The molecule has 0 heterocycles. The molecule has 0 spiro atoms. The van der Waals surface area contributed by atoms with Crippen LogP contribution in [-0.2, 0) is 4.79 Å². The van der Waals surface area contributed by atoms with Crippen LogP contribution in [-0.4, -0.2) is 18.2 Å². The van der Waals surface area contributed by atoms with Gasteiger partial charge >= 0.3 is 5.97 Å². The highest BCUT2D eigenvalue weighted by Crippen LogP contribution is 2.31. The summed E-state index contributed by atoms with van der Waals surface area (Å²) >= 11 is 0. The molecule has 1 aromatic rings. The molecular formula is C13H16O4. The van der Waals surface area contributed by atoms with E-state index in [1.807, 2.05) is 0 Å². The predicted molar refractivity (Wildman–Crippen MR) is 62.3 cm³/mol. The van der Waals surface area contributed by atoms with Gasteiger partial charge in [0.15, 0.2) is 11.5 Å². The number of carbonyl (C=O) groups excluding carboxylic acids is 1. The zero-order valence-corrected chi connectivity index (χ0v) is 9.81. The summed E-state index contributed by atoms with van der Waals surface area (Å²) in [6, 6.07) is 4.59. The molecule has 1 N–H and O–H groups in total. The van der Waals surface area contributed by atoms with Crippen LogP contribution >= 0.6 is 0 Å². The van der Waals surface area contributed by atoms with Gasteiger partial charge in [-0.2, -0.15) is 0 Å². The lowest BCUT2D eigenvalue weighted by Crippen LogP contribution is -2.17. The molecule has 0 radical (unpaired) electrons. The predicted octanol–water partition coefficient (Wildman–Crippen LogP) is 2.50. The molecule has 2 rings (SSSR count). The molecule has 4 nitrogen and oxygen atoms in total. The van der Waals surface area contributed by atoms with Crippen LogP contribution in [0.2, 0.25) is 0 Å². The Labute approximate surface area is 100 Å². The van der Waals surface area contributed by atoms with E-state index < -0.39 is 0 Å². The van der Waals surface area contributed by atoms with E-state index in [1.165, 1.54) is 13.2 Å². The van der Waals surface area contributed by atoms with Crippen LogP contribution in [0.1, 0.15) is 25.7 Å². The number of hydrogen-bond donors (Lipinski definition) is 1. The van der Waals surface area contributed by atoms with Crippen LogP contribution < -0.4 is 9.47 Å². The largest absolute Gasteiger partial charge is 0.504 e. The lowest BCUT2D eigenvalue weighted by Gasteiger charge is -2.10. The molecule has 0 aromatic heterocycles. The Morgan fingerprint density at radius 2 is 2.06 bits per heavy atom. The standard InChI is InChI=1S/C13H16O4/c1-16-12-7-6-10(8-11(12)14)17-13(15)9-4-2-3-5-9/h6-9,14H,2-5H2,1H3. The third-order valence-corrected chi connectivity index (χ3v) is 3.06. The van der Waals surface area contributed by atoms with Crippen LogP contribution in [0.15, 0.2) is 18.2 Å². The highest BCUT2D eigenvalue weighted by molar-refractivity contribution is 5.75. The fourth-order valence-electron chi connectivity index (χ4n) is 2.09. The molecule has 1 aliphatic carbocycles. The van der Waals surface area contributed by atoms with Crippen molar-refractivity contribution in [2.75, 3.05) is 7.11 Å². The first-order valence-electron chi connectivity index (χ1n) is 5.79. The molecule has 17 heavy (non-hydrogen) atoms. The Kier molecular flexibility index (Phi) is 3.52. The summed E-state index contributed by atoms with van der Waals surface area (Å²) in [5.74, 6) is 0.515. The van der Waals surface area contributed by atoms with Gasteiger partial charge in [-0.05, 0) is 25.0 Å². The third kappa shape index (κ3) is 2.70. The highest BCUT2D eigenvalue weighted by atomic mass is 16.5. The normalized spacial score (nSPS) is 15.8. The van der Waals surface area contributed by atoms with Crippen molar-refractivity contribution in [3.8, 4) is 17.2 Å². The molecule has 0 aliphatic heterocycles. The van der Waals surface area contributed by atoms with Crippen molar-refractivity contribution in [3.63, 3.8) is 0 Å². The summed E-state index contributed by atoms with van der Waals surface area (Å²) in [5, 5.41) is 9.55. The maximum atomic E-state index is 11.7. The minimum atomic E-state index is -0.202.